The molecule has 0 atom stereocenters. The van der Waals surface area contributed by atoms with Gasteiger partial charge in [-0.05, 0) is 42.0 Å². The Kier molecular flexibility index (Phi) is 4.79. The Labute approximate surface area is 167 Å². The molecule has 0 saturated heterocycles. The van der Waals surface area contributed by atoms with Crippen LogP contribution in [0.5, 0.6) is 0 Å². The van der Waals surface area contributed by atoms with Gasteiger partial charge < -0.3 is 4.42 Å². The monoisotopic (exact) mass is 380 g/mol. The Hall–Kier alpha value is -4.37. The summed E-state index contributed by atoms with van der Waals surface area (Å²) in [4.78, 5) is 17.5. The maximum atomic E-state index is 12.9. The third-order valence-electron chi connectivity index (χ3n) is 4.42. The summed E-state index contributed by atoms with van der Waals surface area (Å²) in [5, 5.41) is 9.62. The fourth-order valence-corrected chi connectivity index (χ4v) is 2.93. The molecule has 0 saturated carbocycles. The minimum atomic E-state index is -0.328. The molecule has 2 heterocycles. The zero-order valence-corrected chi connectivity index (χ0v) is 15.3. The van der Waals surface area contributed by atoms with Gasteiger partial charge in [-0.25, -0.2) is 4.98 Å². The highest BCUT2D eigenvalue weighted by atomic mass is 16.3. The number of carbonyl (C=O) groups is 1. The van der Waals surface area contributed by atoms with Crippen LogP contribution in [0.3, 0.4) is 0 Å². The van der Waals surface area contributed by atoms with Gasteiger partial charge in [-0.2, -0.15) is 5.26 Å². The number of hydrogen-bond donors (Lipinski definition) is 2. The number of hydrogen-bond acceptors (Lipinski definition) is 5. The van der Waals surface area contributed by atoms with E-state index in [1.54, 1.807) is 48.7 Å². The number of furan rings is 1. The first-order chi connectivity index (χ1) is 14.2. The lowest BCUT2D eigenvalue weighted by Crippen LogP contribution is -2.36. The molecule has 29 heavy (non-hydrogen) atoms. The molecule has 6 nitrogen and oxygen atoms in total. The van der Waals surface area contributed by atoms with Crippen molar-refractivity contribution in [3.63, 3.8) is 0 Å². The normalized spacial score (nSPS) is 10.3. The van der Waals surface area contributed by atoms with Gasteiger partial charge in [0.05, 0.1) is 34.7 Å². The molecule has 0 aliphatic heterocycles. The summed E-state index contributed by atoms with van der Waals surface area (Å²) in [7, 11) is 0. The van der Waals surface area contributed by atoms with Crippen molar-refractivity contribution in [2.75, 3.05) is 0 Å². The number of aromatic nitrogens is 1. The van der Waals surface area contributed by atoms with Crippen LogP contribution < -0.4 is 10.9 Å². The highest BCUT2D eigenvalue weighted by Crippen LogP contribution is 2.25. The van der Waals surface area contributed by atoms with E-state index in [9.17, 15) is 4.79 Å². The molecule has 0 fully saturated rings. The summed E-state index contributed by atoms with van der Waals surface area (Å²) in [5.41, 5.74) is 9.06. The zero-order chi connectivity index (χ0) is 20.2. The van der Waals surface area contributed by atoms with Gasteiger partial charge in [0, 0.05) is 5.39 Å². The van der Waals surface area contributed by atoms with Gasteiger partial charge in [0.1, 0.15) is 5.69 Å². The molecule has 0 radical (unpaired) electrons. The fraction of sp³-hybridized carbons (Fsp3) is 0. The Morgan fingerprint density at radius 1 is 1.03 bits per heavy atom. The smallest absolute Gasteiger partial charge is 0.270 e. The van der Waals surface area contributed by atoms with E-state index in [2.05, 4.69) is 28.5 Å². The van der Waals surface area contributed by atoms with Crippen LogP contribution in [0.2, 0.25) is 0 Å². The summed E-state index contributed by atoms with van der Waals surface area (Å²) in [5.74, 6) is 0.256. The molecule has 0 aliphatic carbocycles. The van der Waals surface area contributed by atoms with E-state index in [-0.39, 0.29) is 5.91 Å². The minimum absolute atomic E-state index is 0.328. The number of rotatable bonds is 5. The van der Waals surface area contributed by atoms with Gasteiger partial charge in [-0.3, -0.25) is 15.6 Å². The average Bonchev–Trinajstić information content (AvgIpc) is 3.31. The van der Waals surface area contributed by atoms with Crippen LogP contribution in [-0.2, 0) is 0 Å². The molecule has 6 heteroatoms. The number of para-hydroxylation sites is 1. The summed E-state index contributed by atoms with van der Waals surface area (Å²) < 4.78 is 5.43. The van der Waals surface area contributed by atoms with Crippen LogP contribution in [0.4, 0.5) is 0 Å². The van der Waals surface area contributed by atoms with E-state index in [1.165, 1.54) is 0 Å². The first-order valence-corrected chi connectivity index (χ1v) is 8.85. The Balaban J connectivity index is 1.59. The van der Waals surface area contributed by atoms with E-state index < -0.39 is 0 Å². The third-order valence-corrected chi connectivity index (χ3v) is 4.42. The van der Waals surface area contributed by atoms with E-state index >= 15 is 0 Å². The van der Waals surface area contributed by atoms with Crippen molar-refractivity contribution < 1.29 is 9.21 Å². The Bertz CT molecular complexity index is 1240. The van der Waals surface area contributed by atoms with Crippen molar-refractivity contribution in [2.24, 2.45) is 0 Å². The molecule has 0 unspecified atom stereocenters. The second-order valence-corrected chi connectivity index (χ2v) is 6.30. The van der Waals surface area contributed by atoms with Gasteiger partial charge in [0.2, 0.25) is 0 Å². The highest BCUT2D eigenvalue weighted by Gasteiger charge is 2.15. The minimum Gasteiger partial charge on any atom is -0.463 e. The lowest BCUT2D eigenvalue weighted by atomic mass is 10.1. The van der Waals surface area contributed by atoms with Crippen LogP contribution in [-0.4, -0.2) is 10.9 Å². The van der Waals surface area contributed by atoms with Crippen molar-refractivity contribution in [3.8, 4) is 17.5 Å². The fourth-order valence-electron chi connectivity index (χ4n) is 2.93. The molecule has 0 aliphatic rings. The summed E-state index contributed by atoms with van der Waals surface area (Å²) in [6.45, 7) is 3.93. The number of nitriles is 1. The number of fused-ring (bicyclic) bond motifs is 1. The lowest BCUT2D eigenvalue weighted by molar-refractivity contribution is 0.0944. The lowest BCUT2D eigenvalue weighted by Gasteiger charge is -2.13. The Morgan fingerprint density at radius 3 is 2.55 bits per heavy atom. The van der Waals surface area contributed by atoms with E-state index in [0.717, 1.165) is 10.9 Å². The van der Waals surface area contributed by atoms with Crippen LogP contribution >= 0.6 is 0 Å². The molecule has 2 aromatic heterocycles. The quantitative estimate of drug-likeness (QED) is 0.505. The summed E-state index contributed by atoms with van der Waals surface area (Å²) in [6.07, 6.45) is 1.56. The van der Waals surface area contributed by atoms with Crippen molar-refractivity contribution in [1.29, 1.82) is 5.26 Å². The van der Waals surface area contributed by atoms with E-state index in [1.807, 2.05) is 24.3 Å². The Morgan fingerprint density at radius 2 is 1.83 bits per heavy atom. The van der Waals surface area contributed by atoms with Gasteiger partial charge >= 0.3 is 0 Å². The number of carbonyl (C=O) groups excluding carboxylic acids is 1. The maximum Gasteiger partial charge on any atom is 0.270 e. The number of nitrogens with zero attached hydrogens (tertiary/aromatic N) is 2. The van der Waals surface area contributed by atoms with E-state index in [4.69, 9.17) is 9.68 Å². The van der Waals surface area contributed by atoms with Gasteiger partial charge in [-0.15, -0.1) is 0 Å². The topological polar surface area (TPSA) is 90.9 Å². The van der Waals surface area contributed by atoms with Crippen molar-refractivity contribution in [2.45, 2.75) is 0 Å². The van der Waals surface area contributed by atoms with Crippen molar-refractivity contribution in [3.05, 3.63) is 96.3 Å². The number of pyridine rings is 1. The van der Waals surface area contributed by atoms with Gasteiger partial charge in [0.15, 0.2) is 5.76 Å². The molecule has 0 spiro atoms. The van der Waals surface area contributed by atoms with Gasteiger partial charge in [-0.1, -0.05) is 36.9 Å². The molecule has 1 amide bonds. The van der Waals surface area contributed by atoms with Crippen LogP contribution in [0.15, 0.2) is 84.0 Å². The molecule has 2 aromatic carbocycles. The maximum absolute atomic E-state index is 12.9. The second kappa shape index (κ2) is 7.71. The molecular weight excluding hydrogens is 364 g/mol. The standard InChI is InChI=1S/C23H16N4O2/c1-15(17-10-8-16(14-24)9-11-17)26-27-23(28)19-13-21(22-7-4-12-29-22)25-20-6-3-2-5-18(19)20/h2-13,26H,1H2,(H,27,28). The molecular formula is C23H16N4O2. The number of amides is 1. The molecule has 4 aromatic rings. The summed E-state index contributed by atoms with van der Waals surface area (Å²) in [6, 6.07) is 21.7. The average molecular weight is 380 g/mol. The summed E-state index contributed by atoms with van der Waals surface area (Å²) >= 11 is 0. The third kappa shape index (κ3) is 3.70. The second-order valence-electron chi connectivity index (χ2n) is 6.30. The molecule has 0 bridgehead atoms. The number of nitrogens with one attached hydrogen (secondary N) is 2. The van der Waals surface area contributed by atoms with E-state index in [0.29, 0.717) is 33.8 Å². The highest BCUT2D eigenvalue weighted by molar-refractivity contribution is 6.07. The first kappa shape index (κ1) is 18.0. The molecule has 4 rings (SSSR count). The SMILES string of the molecule is C=C(NNC(=O)c1cc(-c2ccco2)nc2ccccc12)c1ccc(C#N)cc1. The molecule has 140 valence electrons. The predicted molar refractivity (Wildman–Crippen MR) is 110 cm³/mol. The zero-order valence-electron chi connectivity index (χ0n) is 15.3. The van der Waals surface area contributed by atoms with Crippen LogP contribution in [0, 0.1) is 11.3 Å². The number of hydrazine groups is 1. The first-order valence-electron chi connectivity index (χ1n) is 8.85. The van der Waals surface area contributed by atoms with Crippen LogP contribution in [0.1, 0.15) is 21.5 Å². The van der Waals surface area contributed by atoms with Crippen molar-refractivity contribution in [1.82, 2.24) is 15.8 Å². The van der Waals surface area contributed by atoms with Gasteiger partial charge in [0.25, 0.3) is 5.91 Å². The predicted octanol–water partition coefficient (Wildman–Crippen LogP) is 4.27. The molecule has 2 N–H and O–H groups in total. The number of benzene rings is 2. The van der Waals surface area contributed by atoms with Crippen molar-refractivity contribution >= 4 is 22.5 Å². The largest absolute Gasteiger partial charge is 0.463 e. The van der Waals surface area contributed by atoms with Crippen LogP contribution in [0.25, 0.3) is 28.1 Å².